The highest BCUT2D eigenvalue weighted by Crippen LogP contribution is 2.31. The van der Waals surface area contributed by atoms with Crippen molar-refractivity contribution in [2.45, 2.75) is 16.7 Å². The van der Waals surface area contributed by atoms with Crippen LogP contribution < -0.4 is 5.46 Å². The quantitative estimate of drug-likeness (QED) is 0.718. The van der Waals surface area contributed by atoms with E-state index in [1.54, 1.807) is 0 Å². The molecule has 0 saturated carbocycles. The summed E-state index contributed by atoms with van der Waals surface area (Å²) in [5, 5.41) is 0. The van der Waals surface area contributed by atoms with Crippen LogP contribution in [0.3, 0.4) is 0 Å². The van der Waals surface area contributed by atoms with Crippen LogP contribution in [0.15, 0.2) is 58.2 Å². The largest absolute Gasteiger partial charge is 0.182 e. The Morgan fingerprint density at radius 2 is 1.82 bits per heavy atom. The van der Waals surface area contributed by atoms with Crippen molar-refractivity contribution in [2.75, 3.05) is 0 Å². The van der Waals surface area contributed by atoms with Crippen molar-refractivity contribution in [2.24, 2.45) is 0 Å². The summed E-state index contributed by atoms with van der Waals surface area (Å²) < 4.78 is 0. The summed E-state index contributed by atoms with van der Waals surface area (Å²) in [7, 11) is 2.16. The zero-order chi connectivity index (χ0) is 11.7. The fourth-order valence-corrected chi connectivity index (χ4v) is 2.92. The fourth-order valence-electron chi connectivity index (χ4n) is 1.95. The Kier molecular flexibility index (Phi) is 2.81. The van der Waals surface area contributed by atoms with Crippen LogP contribution in [-0.4, -0.2) is 7.28 Å². The van der Waals surface area contributed by atoms with Gasteiger partial charge in [0.25, 0.3) is 0 Å². The van der Waals surface area contributed by atoms with Gasteiger partial charge in [-0.25, -0.2) is 0 Å². The SMILES string of the molecule is Cc1ccc(Sc2cccc3c2C=C[B]3)cc1. The van der Waals surface area contributed by atoms with Gasteiger partial charge >= 0.3 is 0 Å². The third-order valence-corrected chi connectivity index (χ3v) is 3.97. The van der Waals surface area contributed by atoms with Gasteiger partial charge < -0.3 is 0 Å². The van der Waals surface area contributed by atoms with Gasteiger partial charge in [0.05, 0.1) is 0 Å². The molecule has 81 valence electrons. The van der Waals surface area contributed by atoms with Crippen LogP contribution in [-0.2, 0) is 0 Å². The Balaban J connectivity index is 1.93. The van der Waals surface area contributed by atoms with Crippen molar-refractivity contribution >= 4 is 30.6 Å². The smallest absolute Gasteiger partial charge is 0.116 e. The number of fused-ring (bicyclic) bond motifs is 1. The molecule has 0 bridgehead atoms. The molecule has 2 aromatic carbocycles. The predicted octanol–water partition coefficient (Wildman–Crippen LogP) is 3.46. The second-order valence-electron chi connectivity index (χ2n) is 4.20. The maximum Gasteiger partial charge on any atom is 0.182 e. The molecule has 0 aliphatic carbocycles. The molecule has 0 N–H and O–H groups in total. The second kappa shape index (κ2) is 4.46. The minimum absolute atomic E-state index is 1.30. The third-order valence-electron chi connectivity index (χ3n) is 2.89. The third kappa shape index (κ3) is 2.18. The Labute approximate surface area is 107 Å². The minimum atomic E-state index is 1.30. The first kappa shape index (κ1) is 10.7. The number of rotatable bonds is 2. The highest BCUT2D eigenvalue weighted by molar-refractivity contribution is 7.99. The monoisotopic (exact) mass is 235 g/mol. The lowest BCUT2D eigenvalue weighted by molar-refractivity contribution is 1.36. The summed E-state index contributed by atoms with van der Waals surface area (Å²) in [5.74, 6) is 2.11. The van der Waals surface area contributed by atoms with Crippen molar-refractivity contribution in [3.05, 3.63) is 59.6 Å². The van der Waals surface area contributed by atoms with E-state index in [4.69, 9.17) is 0 Å². The van der Waals surface area contributed by atoms with Gasteiger partial charge in [-0.1, -0.05) is 53.1 Å². The minimum Gasteiger partial charge on any atom is -0.116 e. The Hall–Kier alpha value is -1.41. The first-order valence-electron chi connectivity index (χ1n) is 5.72. The molecule has 1 radical (unpaired) electrons. The molecule has 0 atom stereocenters. The van der Waals surface area contributed by atoms with Gasteiger partial charge in [-0.2, -0.15) is 0 Å². The molecule has 0 unspecified atom stereocenters. The van der Waals surface area contributed by atoms with Crippen molar-refractivity contribution in [3.8, 4) is 0 Å². The normalized spacial score (nSPS) is 12.3. The van der Waals surface area contributed by atoms with E-state index in [0.29, 0.717) is 0 Å². The lowest BCUT2D eigenvalue weighted by Crippen LogP contribution is -2.10. The van der Waals surface area contributed by atoms with Gasteiger partial charge in [0.2, 0.25) is 0 Å². The predicted molar refractivity (Wildman–Crippen MR) is 76.2 cm³/mol. The first-order valence-corrected chi connectivity index (χ1v) is 6.53. The molecule has 1 heterocycles. The van der Waals surface area contributed by atoms with Gasteiger partial charge in [-0.15, -0.1) is 5.98 Å². The highest BCUT2D eigenvalue weighted by atomic mass is 32.2. The van der Waals surface area contributed by atoms with E-state index in [2.05, 4.69) is 68.7 Å². The van der Waals surface area contributed by atoms with Crippen LogP contribution in [0.4, 0.5) is 0 Å². The van der Waals surface area contributed by atoms with Crippen molar-refractivity contribution < 1.29 is 0 Å². The number of aryl methyl sites for hydroxylation is 1. The molecule has 1 aliphatic heterocycles. The van der Waals surface area contributed by atoms with Crippen LogP contribution in [0, 0.1) is 6.92 Å². The summed E-state index contributed by atoms with van der Waals surface area (Å²) in [6.45, 7) is 2.12. The lowest BCUT2D eigenvalue weighted by atomic mass is 9.73. The van der Waals surface area contributed by atoms with Crippen molar-refractivity contribution in [3.63, 3.8) is 0 Å². The Bertz CT molecular complexity index is 570. The van der Waals surface area contributed by atoms with Gasteiger partial charge in [-0.05, 0) is 30.7 Å². The zero-order valence-electron chi connectivity index (χ0n) is 9.68. The molecule has 2 heteroatoms. The maximum absolute atomic E-state index is 2.19. The molecular formula is C15H12BS. The number of hydrogen-bond donors (Lipinski definition) is 0. The average molecular weight is 235 g/mol. The molecular weight excluding hydrogens is 223 g/mol. The molecule has 0 aromatic heterocycles. The average Bonchev–Trinajstić information content (AvgIpc) is 2.81. The summed E-state index contributed by atoms with van der Waals surface area (Å²) in [4.78, 5) is 2.63. The zero-order valence-corrected chi connectivity index (χ0v) is 10.5. The molecule has 3 rings (SSSR count). The fraction of sp³-hybridized carbons (Fsp3) is 0.0667. The molecule has 0 saturated heterocycles. The van der Waals surface area contributed by atoms with E-state index < -0.39 is 0 Å². The van der Waals surface area contributed by atoms with E-state index in [0.717, 1.165) is 0 Å². The number of hydrogen-bond acceptors (Lipinski definition) is 1. The number of benzene rings is 2. The molecule has 0 amide bonds. The van der Waals surface area contributed by atoms with E-state index in [1.165, 1.54) is 26.4 Å². The highest BCUT2D eigenvalue weighted by Gasteiger charge is 2.10. The molecule has 0 fully saturated rings. The second-order valence-corrected chi connectivity index (χ2v) is 5.32. The molecule has 17 heavy (non-hydrogen) atoms. The van der Waals surface area contributed by atoms with E-state index in [9.17, 15) is 0 Å². The van der Waals surface area contributed by atoms with Gasteiger partial charge in [0.15, 0.2) is 7.28 Å². The summed E-state index contributed by atoms with van der Waals surface area (Å²) in [6.07, 6.45) is 2.19. The van der Waals surface area contributed by atoms with Crippen molar-refractivity contribution in [1.29, 1.82) is 0 Å². The molecule has 2 aromatic rings. The molecule has 0 spiro atoms. The van der Waals surface area contributed by atoms with Gasteiger partial charge in [-0.3, -0.25) is 0 Å². The van der Waals surface area contributed by atoms with E-state index in [-0.39, 0.29) is 0 Å². The summed E-state index contributed by atoms with van der Waals surface area (Å²) >= 11 is 1.83. The standard InChI is InChI=1S/C15H12BS/c1-11-5-7-12(8-6-11)17-15-4-2-3-14-13(15)9-10-16-14/h2-10H,1H3. The van der Waals surface area contributed by atoms with Crippen molar-refractivity contribution in [1.82, 2.24) is 0 Å². The first-order chi connectivity index (χ1) is 8.33. The van der Waals surface area contributed by atoms with Crippen LogP contribution in [0.1, 0.15) is 11.1 Å². The lowest BCUT2D eigenvalue weighted by Gasteiger charge is -2.07. The van der Waals surface area contributed by atoms with E-state index >= 15 is 0 Å². The van der Waals surface area contributed by atoms with Crippen LogP contribution in [0.25, 0.3) is 6.08 Å². The van der Waals surface area contributed by atoms with Crippen LogP contribution in [0.2, 0.25) is 0 Å². The molecule has 0 nitrogen and oxygen atoms in total. The summed E-state index contributed by atoms with van der Waals surface area (Å²) in [6, 6.07) is 15.2. The van der Waals surface area contributed by atoms with Crippen LogP contribution in [0.5, 0.6) is 0 Å². The maximum atomic E-state index is 2.19. The Morgan fingerprint density at radius 1 is 1.00 bits per heavy atom. The summed E-state index contributed by atoms with van der Waals surface area (Å²) in [5.41, 5.74) is 3.97. The van der Waals surface area contributed by atoms with Crippen LogP contribution >= 0.6 is 11.8 Å². The Morgan fingerprint density at radius 3 is 2.65 bits per heavy atom. The van der Waals surface area contributed by atoms with Gasteiger partial charge in [0.1, 0.15) is 0 Å². The topological polar surface area (TPSA) is 0 Å². The van der Waals surface area contributed by atoms with Gasteiger partial charge in [0, 0.05) is 9.79 Å². The molecule has 1 aliphatic rings. The van der Waals surface area contributed by atoms with E-state index in [1.807, 2.05) is 11.8 Å².